The lowest BCUT2D eigenvalue weighted by molar-refractivity contribution is 0.163. The number of aryl methyl sites for hydroxylation is 1. The maximum absolute atomic E-state index is 12.0. The number of benzene rings is 1. The lowest BCUT2D eigenvalue weighted by Gasteiger charge is -2.18. The van der Waals surface area contributed by atoms with E-state index in [-0.39, 0.29) is 18.4 Å². The third kappa shape index (κ3) is 4.78. The van der Waals surface area contributed by atoms with E-state index >= 15 is 0 Å². The summed E-state index contributed by atoms with van der Waals surface area (Å²) in [6, 6.07) is 3.93. The van der Waals surface area contributed by atoms with E-state index in [0.29, 0.717) is 23.9 Å². The van der Waals surface area contributed by atoms with Gasteiger partial charge in [0.15, 0.2) is 5.75 Å². The predicted molar refractivity (Wildman–Crippen MR) is 95.5 cm³/mol. The minimum atomic E-state index is -0.394. The fraction of sp³-hybridized carbons (Fsp3) is 0.471. The van der Waals surface area contributed by atoms with Crippen molar-refractivity contribution < 1.29 is 9.53 Å². The Labute approximate surface area is 148 Å². The van der Waals surface area contributed by atoms with Crippen molar-refractivity contribution in [1.82, 2.24) is 10.2 Å². The molecule has 0 aromatic heterocycles. The lowest BCUT2D eigenvalue weighted by Crippen LogP contribution is -2.30. The van der Waals surface area contributed by atoms with Gasteiger partial charge in [-0.25, -0.2) is 4.79 Å². The first-order valence-electron chi connectivity index (χ1n) is 7.49. The highest BCUT2D eigenvalue weighted by Crippen LogP contribution is 2.38. The van der Waals surface area contributed by atoms with Gasteiger partial charge in [-0.2, -0.15) is 0 Å². The molecule has 1 aliphatic rings. The molecular formula is C17H22Cl2N2O2. The van der Waals surface area contributed by atoms with Crippen LogP contribution in [-0.4, -0.2) is 31.1 Å². The van der Waals surface area contributed by atoms with E-state index in [0.717, 1.165) is 24.8 Å². The number of hydrogen-bond donors (Lipinski definition) is 1. The molecule has 1 atom stereocenters. The van der Waals surface area contributed by atoms with Crippen molar-refractivity contribution in [1.29, 1.82) is 0 Å². The van der Waals surface area contributed by atoms with Gasteiger partial charge >= 0.3 is 6.09 Å². The summed E-state index contributed by atoms with van der Waals surface area (Å²) in [7, 11) is 1.71. The highest BCUT2D eigenvalue weighted by Gasteiger charge is 2.25. The molecule has 126 valence electrons. The average Bonchev–Trinajstić information content (AvgIpc) is 2.87. The molecule has 0 saturated carbocycles. The Morgan fingerprint density at radius 1 is 1.57 bits per heavy atom. The van der Waals surface area contributed by atoms with Crippen LogP contribution in [0.5, 0.6) is 5.75 Å². The van der Waals surface area contributed by atoms with Gasteiger partial charge in [-0.05, 0) is 42.5 Å². The zero-order valence-electron chi connectivity index (χ0n) is 13.4. The Kier molecular flexibility index (Phi) is 7.70. The van der Waals surface area contributed by atoms with Gasteiger partial charge in [0.25, 0.3) is 0 Å². The van der Waals surface area contributed by atoms with Gasteiger partial charge in [0.05, 0.1) is 11.6 Å². The molecule has 0 saturated heterocycles. The van der Waals surface area contributed by atoms with Crippen molar-refractivity contribution in [3.63, 3.8) is 0 Å². The largest absolute Gasteiger partial charge is 0.415 e. The number of halogens is 2. The second-order valence-corrected chi connectivity index (χ2v) is 5.85. The molecule has 2 rings (SSSR count). The second kappa shape index (κ2) is 9.02. The number of terminal acetylenes is 1. The smallest absolute Gasteiger partial charge is 0.409 e. The van der Waals surface area contributed by atoms with Crippen LogP contribution < -0.4 is 10.1 Å². The standard InChI is InChI=1S/C17H21ClN2O2.ClH/c1-4-8-19-15-7-6-12-10-14(18)16(11-13(12)15)22-17(21)20(3)9-5-2;/h1,10-11,15,19H,5-9H2,2-3H3;1H. The Balaban J connectivity index is 0.00000264. The Hall–Kier alpha value is -1.41. The van der Waals surface area contributed by atoms with Gasteiger partial charge in [-0.15, -0.1) is 18.8 Å². The highest BCUT2D eigenvalue weighted by atomic mass is 35.5. The third-order valence-electron chi connectivity index (χ3n) is 3.79. The molecule has 0 spiro atoms. The van der Waals surface area contributed by atoms with Gasteiger partial charge in [-0.3, -0.25) is 5.32 Å². The second-order valence-electron chi connectivity index (χ2n) is 5.45. The minimum absolute atomic E-state index is 0. The van der Waals surface area contributed by atoms with E-state index in [1.807, 2.05) is 19.1 Å². The molecule has 1 amide bonds. The number of carbonyl (C=O) groups is 1. The van der Waals surface area contributed by atoms with E-state index in [1.165, 1.54) is 10.5 Å². The molecule has 1 aliphatic carbocycles. The molecule has 4 nitrogen and oxygen atoms in total. The van der Waals surface area contributed by atoms with Crippen LogP contribution in [-0.2, 0) is 6.42 Å². The molecular weight excluding hydrogens is 335 g/mol. The zero-order valence-corrected chi connectivity index (χ0v) is 15.0. The first-order chi connectivity index (χ1) is 10.6. The van der Waals surface area contributed by atoms with Crippen LogP contribution in [0.15, 0.2) is 12.1 Å². The van der Waals surface area contributed by atoms with Crippen LogP contribution in [0.3, 0.4) is 0 Å². The number of ether oxygens (including phenoxy) is 1. The quantitative estimate of drug-likeness (QED) is 0.815. The highest BCUT2D eigenvalue weighted by molar-refractivity contribution is 6.32. The normalized spacial score (nSPS) is 15.3. The summed E-state index contributed by atoms with van der Waals surface area (Å²) in [6.07, 6.45) is 7.70. The van der Waals surface area contributed by atoms with Gasteiger partial charge in [0.1, 0.15) is 0 Å². The maximum Gasteiger partial charge on any atom is 0.415 e. The summed E-state index contributed by atoms with van der Waals surface area (Å²) in [6.45, 7) is 3.17. The lowest BCUT2D eigenvalue weighted by atomic mass is 10.1. The summed E-state index contributed by atoms with van der Waals surface area (Å²) in [5.74, 6) is 2.99. The number of hydrogen-bond acceptors (Lipinski definition) is 3. The van der Waals surface area contributed by atoms with Gasteiger partial charge < -0.3 is 9.64 Å². The van der Waals surface area contributed by atoms with E-state index in [9.17, 15) is 4.79 Å². The molecule has 23 heavy (non-hydrogen) atoms. The first kappa shape index (κ1) is 19.6. The van der Waals surface area contributed by atoms with E-state index in [2.05, 4.69) is 11.2 Å². The van der Waals surface area contributed by atoms with Crippen molar-refractivity contribution >= 4 is 30.1 Å². The molecule has 0 bridgehead atoms. The molecule has 1 aromatic carbocycles. The summed E-state index contributed by atoms with van der Waals surface area (Å²) in [4.78, 5) is 13.6. The average molecular weight is 357 g/mol. The SMILES string of the molecule is C#CCNC1CCc2cc(Cl)c(OC(=O)N(C)CCC)cc21.Cl. The van der Waals surface area contributed by atoms with Crippen LogP contribution >= 0.6 is 24.0 Å². The summed E-state index contributed by atoms with van der Waals surface area (Å²) in [5, 5.41) is 3.77. The van der Waals surface area contributed by atoms with Crippen molar-refractivity contribution in [2.75, 3.05) is 20.1 Å². The molecule has 6 heteroatoms. The number of nitrogens with one attached hydrogen (secondary N) is 1. The van der Waals surface area contributed by atoms with Crippen molar-refractivity contribution in [2.24, 2.45) is 0 Å². The summed E-state index contributed by atoms with van der Waals surface area (Å²) in [5.41, 5.74) is 2.29. The van der Waals surface area contributed by atoms with Crippen molar-refractivity contribution in [2.45, 2.75) is 32.2 Å². The van der Waals surface area contributed by atoms with Gasteiger partial charge in [0, 0.05) is 19.6 Å². The molecule has 1 N–H and O–H groups in total. The molecule has 0 aliphatic heterocycles. The van der Waals surface area contributed by atoms with E-state index in [4.69, 9.17) is 22.8 Å². The Bertz CT molecular complexity index is 599. The summed E-state index contributed by atoms with van der Waals surface area (Å²) < 4.78 is 5.42. The van der Waals surface area contributed by atoms with Crippen molar-refractivity contribution in [3.8, 4) is 18.1 Å². The molecule has 0 radical (unpaired) electrons. The third-order valence-corrected chi connectivity index (χ3v) is 4.09. The van der Waals surface area contributed by atoms with Crippen LogP contribution in [0, 0.1) is 12.3 Å². The number of rotatable bonds is 5. The number of amides is 1. The fourth-order valence-corrected chi connectivity index (χ4v) is 2.90. The Morgan fingerprint density at radius 3 is 2.96 bits per heavy atom. The summed E-state index contributed by atoms with van der Waals surface area (Å²) >= 11 is 6.24. The fourth-order valence-electron chi connectivity index (χ4n) is 2.68. The molecule has 1 aromatic rings. The molecule has 0 fully saturated rings. The monoisotopic (exact) mass is 356 g/mol. The zero-order chi connectivity index (χ0) is 16.1. The van der Waals surface area contributed by atoms with E-state index in [1.54, 1.807) is 7.05 Å². The maximum atomic E-state index is 12.0. The Morgan fingerprint density at radius 2 is 2.30 bits per heavy atom. The number of nitrogens with zero attached hydrogens (tertiary/aromatic N) is 1. The minimum Gasteiger partial charge on any atom is -0.409 e. The van der Waals surface area contributed by atoms with Gasteiger partial charge in [-0.1, -0.05) is 24.4 Å². The van der Waals surface area contributed by atoms with Crippen LogP contribution in [0.4, 0.5) is 4.79 Å². The van der Waals surface area contributed by atoms with Gasteiger partial charge in [0.2, 0.25) is 0 Å². The molecule has 0 heterocycles. The van der Waals surface area contributed by atoms with Crippen molar-refractivity contribution in [3.05, 3.63) is 28.3 Å². The first-order valence-corrected chi connectivity index (χ1v) is 7.86. The number of fused-ring (bicyclic) bond motifs is 1. The van der Waals surface area contributed by atoms with Crippen LogP contribution in [0.1, 0.15) is 36.9 Å². The topological polar surface area (TPSA) is 41.6 Å². The van der Waals surface area contributed by atoms with E-state index < -0.39 is 6.09 Å². The predicted octanol–water partition coefficient (Wildman–Crippen LogP) is 3.81. The number of carbonyl (C=O) groups excluding carboxylic acids is 1. The molecule has 1 unspecified atom stereocenters. The van der Waals surface area contributed by atoms with Crippen LogP contribution in [0.2, 0.25) is 5.02 Å². The van der Waals surface area contributed by atoms with Crippen LogP contribution in [0.25, 0.3) is 0 Å².